The van der Waals surface area contributed by atoms with Gasteiger partial charge in [0.05, 0.1) is 29.5 Å². The van der Waals surface area contributed by atoms with Crippen LogP contribution in [0.25, 0.3) is 11.0 Å². The number of anilines is 1. The Morgan fingerprint density at radius 3 is 2.83 bits per heavy atom. The molecule has 4 N–H and O–H groups in total. The first-order valence-corrected chi connectivity index (χ1v) is 5.67. The number of rotatable bonds is 3. The molecule has 0 aliphatic rings. The molecule has 0 unspecified atom stereocenters. The Morgan fingerprint density at radius 2 is 2.06 bits per heavy atom. The van der Waals surface area contributed by atoms with Crippen molar-refractivity contribution in [1.82, 2.24) is 19.9 Å². The third-order valence-corrected chi connectivity index (χ3v) is 2.75. The van der Waals surface area contributed by atoms with E-state index in [4.69, 9.17) is 0 Å². The van der Waals surface area contributed by atoms with E-state index in [1.807, 2.05) is 25.1 Å². The fourth-order valence-electron chi connectivity index (χ4n) is 1.90. The van der Waals surface area contributed by atoms with Crippen molar-refractivity contribution < 1.29 is 0 Å². The Balaban J connectivity index is 1.80. The first kappa shape index (κ1) is 10.6. The van der Waals surface area contributed by atoms with Gasteiger partial charge in [0.15, 0.2) is 0 Å². The van der Waals surface area contributed by atoms with Crippen molar-refractivity contribution >= 4 is 16.7 Å². The molecule has 0 radical (unpaired) electrons. The number of imidazole rings is 2. The van der Waals surface area contributed by atoms with Crippen LogP contribution in [-0.4, -0.2) is 19.9 Å². The van der Waals surface area contributed by atoms with Gasteiger partial charge in [-0.3, -0.25) is 0 Å². The lowest BCUT2D eigenvalue weighted by molar-refractivity contribution is 1.05. The van der Waals surface area contributed by atoms with Crippen molar-refractivity contribution in [1.29, 1.82) is 0 Å². The van der Waals surface area contributed by atoms with Crippen LogP contribution in [0.1, 0.15) is 11.5 Å². The molecule has 0 fully saturated rings. The van der Waals surface area contributed by atoms with Crippen LogP contribution in [0.4, 0.5) is 5.69 Å². The maximum absolute atomic E-state index is 11.1. The van der Waals surface area contributed by atoms with Gasteiger partial charge < -0.3 is 20.3 Å². The number of nitrogens with zero attached hydrogens (tertiary/aromatic N) is 1. The van der Waals surface area contributed by atoms with Crippen LogP contribution in [0.5, 0.6) is 0 Å². The largest absolute Gasteiger partial charge is 0.379 e. The summed E-state index contributed by atoms with van der Waals surface area (Å²) in [6.07, 6.45) is 1.80. The zero-order valence-electron chi connectivity index (χ0n) is 9.87. The number of nitrogens with one attached hydrogen (secondary N) is 4. The highest BCUT2D eigenvalue weighted by molar-refractivity contribution is 5.78. The fraction of sp³-hybridized carbons (Fsp3) is 0.167. The second-order valence-electron chi connectivity index (χ2n) is 4.19. The number of aromatic nitrogens is 4. The second-order valence-corrected chi connectivity index (χ2v) is 4.19. The SMILES string of the molecule is Cc1ncc(CNc2ccc3[nH]c(=O)[nH]c3c2)[nH]1. The smallest absolute Gasteiger partial charge is 0.323 e. The lowest BCUT2D eigenvalue weighted by Gasteiger charge is -2.04. The quantitative estimate of drug-likeness (QED) is 0.562. The van der Waals surface area contributed by atoms with Crippen LogP contribution in [0, 0.1) is 6.92 Å². The minimum atomic E-state index is -0.189. The van der Waals surface area contributed by atoms with Crippen LogP contribution in [0.3, 0.4) is 0 Å². The maximum atomic E-state index is 11.1. The van der Waals surface area contributed by atoms with Gasteiger partial charge in [0.1, 0.15) is 5.82 Å². The van der Waals surface area contributed by atoms with Gasteiger partial charge in [-0.05, 0) is 25.1 Å². The first-order chi connectivity index (χ1) is 8.70. The Hall–Kier alpha value is -2.50. The number of hydrogen-bond acceptors (Lipinski definition) is 3. The number of benzene rings is 1. The van der Waals surface area contributed by atoms with E-state index >= 15 is 0 Å². The highest BCUT2D eigenvalue weighted by atomic mass is 16.1. The molecule has 2 aromatic heterocycles. The molecule has 1 aromatic carbocycles. The van der Waals surface area contributed by atoms with Crippen LogP contribution < -0.4 is 11.0 Å². The molecule has 92 valence electrons. The Labute approximate surface area is 102 Å². The Kier molecular flexibility index (Phi) is 2.40. The molecule has 6 nitrogen and oxygen atoms in total. The molecule has 0 saturated heterocycles. The summed E-state index contributed by atoms with van der Waals surface area (Å²) in [6.45, 7) is 2.58. The number of aryl methyl sites for hydroxylation is 1. The minimum absolute atomic E-state index is 0.189. The van der Waals surface area contributed by atoms with Crippen molar-refractivity contribution in [3.05, 3.63) is 46.4 Å². The van der Waals surface area contributed by atoms with Crippen molar-refractivity contribution in [3.8, 4) is 0 Å². The molecule has 0 spiro atoms. The standard InChI is InChI=1S/C12H13N5O/c1-7-13-5-9(15-7)6-14-8-2-3-10-11(4-8)17-12(18)16-10/h2-5,14H,6H2,1H3,(H,13,15)(H2,16,17,18). The topological polar surface area (TPSA) is 89.4 Å². The van der Waals surface area contributed by atoms with Gasteiger partial charge in [0, 0.05) is 5.69 Å². The van der Waals surface area contributed by atoms with Gasteiger partial charge >= 0.3 is 5.69 Å². The van der Waals surface area contributed by atoms with Gasteiger partial charge in [-0.1, -0.05) is 0 Å². The molecule has 0 atom stereocenters. The van der Waals surface area contributed by atoms with Crippen LogP contribution in [0.15, 0.2) is 29.2 Å². The molecule has 0 amide bonds. The minimum Gasteiger partial charge on any atom is -0.379 e. The molecule has 6 heteroatoms. The summed E-state index contributed by atoms with van der Waals surface area (Å²) in [6, 6.07) is 5.69. The lowest BCUT2D eigenvalue weighted by Crippen LogP contribution is -1.99. The Bertz CT molecular complexity index is 736. The first-order valence-electron chi connectivity index (χ1n) is 5.67. The summed E-state index contributed by atoms with van der Waals surface area (Å²) in [5.74, 6) is 0.900. The van der Waals surface area contributed by atoms with Crippen molar-refractivity contribution in [3.63, 3.8) is 0 Å². The van der Waals surface area contributed by atoms with E-state index in [0.717, 1.165) is 28.2 Å². The van der Waals surface area contributed by atoms with E-state index in [1.54, 1.807) is 6.20 Å². The molecule has 3 aromatic rings. The predicted molar refractivity (Wildman–Crippen MR) is 69.6 cm³/mol. The predicted octanol–water partition coefficient (Wildman–Crippen LogP) is 1.50. The fourth-order valence-corrected chi connectivity index (χ4v) is 1.90. The van der Waals surface area contributed by atoms with E-state index in [2.05, 4.69) is 25.3 Å². The van der Waals surface area contributed by atoms with Crippen molar-refractivity contribution in [2.24, 2.45) is 0 Å². The molecule has 2 heterocycles. The van der Waals surface area contributed by atoms with Gasteiger partial charge in [-0.2, -0.15) is 0 Å². The number of fused-ring (bicyclic) bond motifs is 1. The van der Waals surface area contributed by atoms with Crippen molar-refractivity contribution in [2.75, 3.05) is 5.32 Å². The average Bonchev–Trinajstić information content (AvgIpc) is 2.90. The van der Waals surface area contributed by atoms with Crippen molar-refractivity contribution in [2.45, 2.75) is 13.5 Å². The highest BCUT2D eigenvalue weighted by Crippen LogP contribution is 2.15. The molecule has 0 aliphatic heterocycles. The monoisotopic (exact) mass is 243 g/mol. The number of H-pyrrole nitrogens is 3. The number of aromatic amines is 3. The maximum Gasteiger partial charge on any atom is 0.323 e. The third kappa shape index (κ3) is 2.00. The van der Waals surface area contributed by atoms with Crippen LogP contribution in [-0.2, 0) is 6.54 Å². The van der Waals surface area contributed by atoms with Gasteiger partial charge in [0.2, 0.25) is 0 Å². The summed E-state index contributed by atoms with van der Waals surface area (Å²) in [7, 11) is 0. The average molecular weight is 243 g/mol. The van der Waals surface area contributed by atoms with Gasteiger partial charge in [-0.25, -0.2) is 9.78 Å². The lowest BCUT2D eigenvalue weighted by atomic mass is 10.2. The molecule has 3 rings (SSSR count). The highest BCUT2D eigenvalue weighted by Gasteiger charge is 2.01. The summed E-state index contributed by atoms with van der Waals surface area (Å²) >= 11 is 0. The molecular weight excluding hydrogens is 230 g/mol. The third-order valence-electron chi connectivity index (χ3n) is 2.75. The summed E-state index contributed by atoms with van der Waals surface area (Å²) < 4.78 is 0. The number of hydrogen-bond donors (Lipinski definition) is 4. The van der Waals surface area contributed by atoms with E-state index in [-0.39, 0.29) is 5.69 Å². The second kappa shape index (κ2) is 4.06. The normalized spacial score (nSPS) is 10.9. The summed E-state index contributed by atoms with van der Waals surface area (Å²) in [4.78, 5) is 23.9. The van der Waals surface area contributed by atoms with E-state index in [9.17, 15) is 4.79 Å². The van der Waals surface area contributed by atoms with Gasteiger partial charge in [-0.15, -0.1) is 0 Å². The molecular formula is C12H13N5O. The van der Waals surface area contributed by atoms with Crippen LogP contribution in [0.2, 0.25) is 0 Å². The summed E-state index contributed by atoms with van der Waals surface area (Å²) in [5, 5.41) is 3.27. The van der Waals surface area contributed by atoms with E-state index < -0.39 is 0 Å². The molecule has 0 saturated carbocycles. The Morgan fingerprint density at radius 1 is 1.22 bits per heavy atom. The van der Waals surface area contributed by atoms with Crippen LogP contribution >= 0.6 is 0 Å². The molecule has 0 bridgehead atoms. The molecule has 18 heavy (non-hydrogen) atoms. The molecule has 0 aliphatic carbocycles. The zero-order chi connectivity index (χ0) is 12.5. The van der Waals surface area contributed by atoms with E-state index in [0.29, 0.717) is 6.54 Å². The summed E-state index contributed by atoms with van der Waals surface area (Å²) in [5.41, 5.74) is 3.39. The zero-order valence-corrected chi connectivity index (χ0v) is 9.87. The van der Waals surface area contributed by atoms with E-state index in [1.165, 1.54) is 0 Å². The van der Waals surface area contributed by atoms with Gasteiger partial charge in [0.25, 0.3) is 0 Å².